The molecule has 0 spiro atoms. The van der Waals surface area contributed by atoms with Gasteiger partial charge in [-0.3, -0.25) is 9.59 Å². The molecule has 0 saturated carbocycles. The molecule has 2 unspecified atom stereocenters. The van der Waals surface area contributed by atoms with Gasteiger partial charge < -0.3 is 20.7 Å². The van der Waals surface area contributed by atoms with Crippen LogP contribution >= 0.6 is 12.4 Å². The van der Waals surface area contributed by atoms with Crippen molar-refractivity contribution in [2.75, 3.05) is 23.7 Å². The highest BCUT2D eigenvalue weighted by atomic mass is 35.5. The Morgan fingerprint density at radius 2 is 2.08 bits per heavy atom. The van der Waals surface area contributed by atoms with Crippen molar-refractivity contribution < 1.29 is 14.3 Å². The first-order valence-corrected chi connectivity index (χ1v) is 8.65. The molecule has 0 bridgehead atoms. The molecule has 25 heavy (non-hydrogen) atoms. The van der Waals surface area contributed by atoms with E-state index in [0.717, 1.165) is 25.9 Å². The summed E-state index contributed by atoms with van der Waals surface area (Å²) in [4.78, 5) is 24.0. The summed E-state index contributed by atoms with van der Waals surface area (Å²) in [7, 11) is 0. The molecule has 1 aromatic carbocycles. The van der Waals surface area contributed by atoms with Crippen molar-refractivity contribution in [3.63, 3.8) is 0 Å². The zero-order valence-corrected chi connectivity index (χ0v) is 15.4. The number of hydrogen-bond acceptors (Lipinski definition) is 4. The number of nitrogens with one attached hydrogen (secondary N) is 3. The topological polar surface area (TPSA) is 79.5 Å². The van der Waals surface area contributed by atoms with Crippen molar-refractivity contribution in [3.8, 4) is 5.75 Å². The van der Waals surface area contributed by atoms with Crippen LogP contribution in [0.4, 0.5) is 11.4 Å². The molecule has 3 rings (SSSR count). The average Bonchev–Trinajstić information content (AvgIpc) is 2.57. The lowest BCUT2D eigenvalue weighted by Gasteiger charge is -2.28. The second kappa shape index (κ2) is 8.54. The molecule has 2 heterocycles. The van der Waals surface area contributed by atoms with E-state index in [-0.39, 0.29) is 24.2 Å². The zero-order valence-electron chi connectivity index (χ0n) is 14.6. The third kappa shape index (κ3) is 4.86. The summed E-state index contributed by atoms with van der Waals surface area (Å²) >= 11 is 0. The van der Waals surface area contributed by atoms with E-state index in [1.54, 1.807) is 25.1 Å². The van der Waals surface area contributed by atoms with Gasteiger partial charge in [-0.15, -0.1) is 12.4 Å². The average molecular weight is 368 g/mol. The second-order valence-electron chi connectivity index (χ2n) is 6.78. The predicted octanol–water partition coefficient (Wildman–Crippen LogP) is 2.79. The fraction of sp³-hybridized carbons (Fsp3) is 0.556. The van der Waals surface area contributed by atoms with E-state index < -0.39 is 6.10 Å². The molecule has 2 aliphatic rings. The SMILES string of the molecule is CC1Oc2ccc(NC(=O)CC(C)C3CCNCC3)cc2NC1=O.Cl. The van der Waals surface area contributed by atoms with Crippen molar-refractivity contribution in [2.45, 2.75) is 39.2 Å². The van der Waals surface area contributed by atoms with Gasteiger partial charge in [-0.25, -0.2) is 0 Å². The molecule has 2 atom stereocenters. The zero-order chi connectivity index (χ0) is 17.1. The van der Waals surface area contributed by atoms with Gasteiger partial charge in [0.05, 0.1) is 5.69 Å². The number of fused-ring (bicyclic) bond motifs is 1. The van der Waals surface area contributed by atoms with E-state index in [0.29, 0.717) is 35.4 Å². The van der Waals surface area contributed by atoms with Crippen molar-refractivity contribution in [1.29, 1.82) is 0 Å². The molecule has 2 aliphatic heterocycles. The smallest absolute Gasteiger partial charge is 0.265 e. The Morgan fingerprint density at radius 3 is 2.80 bits per heavy atom. The number of halogens is 1. The number of benzene rings is 1. The van der Waals surface area contributed by atoms with Gasteiger partial charge in [0.1, 0.15) is 5.75 Å². The lowest BCUT2D eigenvalue weighted by molar-refractivity contribution is -0.122. The molecule has 7 heteroatoms. The Labute approximate surface area is 154 Å². The van der Waals surface area contributed by atoms with E-state index in [4.69, 9.17) is 4.74 Å². The van der Waals surface area contributed by atoms with Crippen LogP contribution in [0, 0.1) is 11.8 Å². The number of amides is 2. The van der Waals surface area contributed by atoms with Crippen molar-refractivity contribution in [3.05, 3.63) is 18.2 Å². The van der Waals surface area contributed by atoms with E-state index in [9.17, 15) is 9.59 Å². The van der Waals surface area contributed by atoms with Crippen molar-refractivity contribution in [2.24, 2.45) is 11.8 Å². The lowest BCUT2D eigenvalue weighted by Crippen LogP contribution is -2.34. The summed E-state index contributed by atoms with van der Waals surface area (Å²) in [5.41, 5.74) is 1.28. The van der Waals surface area contributed by atoms with Crippen LogP contribution in [0.5, 0.6) is 5.75 Å². The molecular weight excluding hydrogens is 342 g/mol. The molecular formula is C18H26ClN3O3. The van der Waals surface area contributed by atoms with Gasteiger partial charge >= 0.3 is 0 Å². The summed E-state index contributed by atoms with van der Waals surface area (Å²) in [5, 5.41) is 9.07. The monoisotopic (exact) mass is 367 g/mol. The van der Waals surface area contributed by atoms with Crippen LogP contribution < -0.4 is 20.7 Å². The van der Waals surface area contributed by atoms with E-state index in [1.807, 2.05) is 0 Å². The molecule has 138 valence electrons. The Kier molecular flexibility index (Phi) is 6.67. The van der Waals surface area contributed by atoms with Gasteiger partial charge in [0, 0.05) is 12.1 Å². The highest BCUT2D eigenvalue weighted by Crippen LogP contribution is 2.32. The van der Waals surface area contributed by atoms with Crippen molar-refractivity contribution >= 4 is 35.6 Å². The fourth-order valence-corrected chi connectivity index (χ4v) is 3.37. The standard InChI is InChI=1S/C18H25N3O3.ClH/c1-11(13-5-7-19-8-6-13)9-17(22)20-14-3-4-16-15(10-14)21-18(23)12(2)24-16;/h3-4,10-13,19H,5-9H2,1-2H3,(H,20,22)(H,21,23);1H. The maximum Gasteiger partial charge on any atom is 0.265 e. The molecule has 0 aromatic heterocycles. The van der Waals surface area contributed by atoms with Crippen molar-refractivity contribution in [1.82, 2.24) is 5.32 Å². The fourth-order valence-electron chi connectivity index (χ4n) is 3.37. The highest BCUT2D eigenvalue weighted by Gasteiger charge is 2.24. The number of carbonyl (C=O) groups is 2. The van der Waals surface area contributed by atoms with Gasteiger partial charge in [-0.1, -0.05) is 6.92 Å². The van der Waals surface area contributed by atoms with Crippen LogP contribution in [0.1, 0.15) is 33.1 Å². The lowest BCUT2D eigenvalue weighted by atomic mass is 9.84. The van der Waals surface area contributed by atoms with Gasteiger partial charge in [0.15, 0.2) is 6.10 Å². The Balaban J connectivity index is 0.00000225. The number of ether oxygens (including phenoxy) is 1. The normalized spacial score (nSPS) is 21.2. The maximum absolute atomic E-state index is 12.3. The predicted molar refractivity (Wildman–Crippen MR) is 100 cm³/mol. The Hall–Kier alpha value is -1.79. The maximum atomic E-state index is 12.3. The van der Waals surface area contributed by atoms with E-state index in [1.165, 1.54) is 0 Å². The summed E-state index contributed by atoms with van der Waals surface area (Å²) in [5.74, 6) is 1.44. The van der Waals surface area contributed by atoms with Crippen LogP contribution in [0.3, 0.4) is 0 Å². The molecule has 1 fully saturated rings. The second-order valence-corrected chi connectivity index (χ2v) is 6.78. The minimum atomic E-state index is -0.497. The summed E-state index contributed by atoms with van der Waals surface area (Å²) in [6.45, 7) is 5.94. The Bertz CT molecular complexity index is 632. The highest BCUT2D eigenvalue weighted by molar-refractivity contribution is 5.99. The number of rotatable bonds is 4. The van der Waals surface area contributed by atoms with Gasteiger partial charge in [0.25, 0.3) is 5.91 Å². The van der Waals surface area contributed by atoms with Gasteiger partial charge in [0.2, 0.25) is 5.91 Å². The van der Waals surface area contributed by atoms with Crippen LogP contribution in [-0.2, 0) is 9.59 Å². The summed E-state index contributed by atoms with van der Waals surface area (Å²) in [6.07, 6.45) is 2.29. The molecule has 0 radical (unpaired) electrons. The first-order valence-electron chi connectivity index (χ1n) is 8.65. The van der Waals surface area contributed by atoms with Crippen LogP contribution in [0.2, 0.25) is 0 Å². The van der Waals surface area contributed by atoms with Crippen LogP contribution in [-0.4, -0.2) is 31.0 Å². The summed E-state index contributed by atoms with van der Waals surface area (Å²) in [6, 6.07) is 5.32. The first kappa shape index (κ1) is 19.5. The Morgan fingerprint density at radius 1 is 1.36 bits per heavy atom. The van der Waals surface area contributed by atoms with Crippen LogP contribution in [0.25, 0.3) is 0 Å². The number of anilines is 2. The van der Waals surface area contributed by atoms with E-state index >= 15 is 0 Å². The quantitative estimate of drug-likeness (QED) is 0.764. The first-order chi connectivity index (χ1) is 11.5. The third-order valence-corrected chi connectivity index (χ3v) is 4.89. The number of hydrogen-bond donors (Lipinski definition) is 3. The summed E-state index contributed by atoms with van der Waals surface area (Å²) < 4.78 is 5.52. The minimum absolute atomic E-state index is 0. The minimum Gasteiger partial charge on any atom is -0.479 e. The molecule has 1 saturated heterocycles. The number of carbonyl (C=O) groups excluding carboxylic acids is 2. The number of piperidine rings is 1. The van der Waals surface area contributed by atoms with E-state index in [2.05, 4.69) is 22.9 Å². The van der Waals surface area contributed by atoms with Gasteiger partial charge in [-0.2, -0.15) is 0 Å². The molecule has 2 amide bonds. The largest absolute Gasteiger partial charge is 0.479 e. The molecule has 1 aromatic rings. The third-order valence-electron chi connectivity index (χ3n) is 4.89. The molecule has 3 N–H and O–H groups in total. The molecule has 0 aliphatic carbocycles. The van der Waals surface area contributed by atoms with Gasteiger partial charge in [-0.05, 0) is 62.9 Å². The van der Waals surface area contributed by atoms with Crippen LogP contribution in [0.15, 0.2) is 18.2 Å². The molecule has 6 nitrogen and oxygen atoms in total.